The average Bonchev–Trinajstić information content (AvgIpc) is 3.79. The summed E-state index contributed by atoms with van der Waals surface area (Å²) >= 11 is 0. The second-order valence-electron chi connectivity index (χ2n) is 16.4. The van der Waals surface area contributed by atoms with Gasteiger partial charge in [0.1, 0.15) is 11.2 Å². The Kier molecular flexibility index (Phi) is 9.46. The molecule has 0 unspecified atom stereocenters. The van der Waals surface area contributed by atoms with Crippen molar-refractivity contribution < 1.29 is 4.42 Å². The molecule has 12 aromatic rings. The van der Waals surface area contributed by atoms with Gasteiger partial charge in [-0.3, -0.25) is 0 Å². The summed E-state index contributed by atoms with van der Waals surface area (Å²) in [6, 6.07) is 82.9. The van der Waals surface area contributed by atoms with Gasteiger partial charge in [0.25, 0.3) is 0 Å². The molecule has 304 valence electrons. The molecule has 0 aliphatic rings. The van der Waals surface area contributed by atoms with Crippen LogP contribution >= 0.6 is 0 Å². The van der Waals surface area contributed by atoms with Crippen molar-refractivity contribution in [1.82, 2.24) is 15.0 Å². The van der Waals surface area contributed by atoms with E-state index in [-0.39, 0.29) is 0 Å². The Bertz CT molecular complexity index is 3660. The molecule has 12 rings (SSSR count). The van der Waals surface area contributed by atoms with Gasteiger partial charge in [-0.25, -0.2) is 15.0 Å². The van der Waals surface area contributed by atoms with Gasteiger partial charge in [-0.05, 0) is 79.0 Å². The fraction of sp³-hybridized carbons (Fsp3) is 0. The SMILES string of the molecule is c1ccc(-c2ccc(-c3ccc(-c4nc(-c5ccc6ccc(-c7ccccc7)cc6c5)nc(-c5cccc6oc7c(-c8ccc(-c9ccccc9)cc8)cccc7c56)n4)cc3)cc2)cc1. The zero-order valence-corrected chi connectivity index (χ0v) is 35.3. The molecule has 0 aliphatic heterocycles. The van der Waals surface area contributed by atoms with Crippen molar-refractivity contribution in [1.29, 1.82) is 0 Å². The molecule has 2 aromatic heterocycles. The van der Waals surface area contributed by atoms with E-state index in [0.29, 0.717) is 17.5 Å². The number of rotatable bonds is 8. The van der Waals surface area contributed by atoms with Crippen LogP contribution < -0.4 is 0 Å². The van der Waals surface area contributed by atoms with E-state index in [1.165, 1.54) is 27.8 Å². The van der Waals surface area contributed by atoms with Crippen LogP contribution in [-0.2, 0) is 0 Å². The van der Waals surface area contributed by atoms with Crippen molar-refractivity contribution in [3.05, 3.63) is 237 Å². The highest BCUT2D eigenvalue weighted by Gasteiger charge is 2.20. The Hall–Kier alpha value is -8.73. The van der Waals surface area contributed by atoms with Crippen LogP contribution in [0, 0.1) is 0 Å². The van der Waals surface area contributed by atoms with Gasteiger partial charge in [-0.2, -0.15) is 0 Å². The van der Waals surface area contributed by atoms with E-state index in [4.69, 9.17) is 19.4 Å². The van der Waals surface area contributed by atoms with Crippen molar-refractivity contribution in [2.45, 2.75) is 0 Å². The monoisotopic (exact) mass is 829 g/mol. The minimum atomic E-state index is 0.578. The van der Waals surface area contributed by atoms with Gasteiger partial charge in [-0.1, -0.05) is 218 Å². The first-order valence-electron chi connectivity index (χ1n) is 21.9. The standard InChI is InChI=1S/C61H39N3O/c1-4-12-40(13-5-1)43-22-24-45(25-23-43)46-28-34-49(35-29-46)59-62-60(51-37-31-47-30-36-50(38-52(47)39-51)42-16-8-3-9-17-42)64-61(63-59)55-20-11-21-56-57(55)54-19-10-18-53(58(54)65-56)48-32-26-44(27-33-48)41-14-6-2-7-15-41/h1-39H. The molecule has 0 radical (unpaired) electrons. The number of para-hydroxylation sites is 1. The minimum absolute atomic E-state index is 0.578. The summed E-state index contributed by atoms with van der Waals surface area (Å²) in [5.41, 5.74) is 15.8. The fourth-order valence-electron chi connectivity index (χ4n) is 8.98. The van der Waals surface area contributed by atoms with Gasteiger partial charge in [-0.15, -0.1) is 0 Å². The van der Waals surface area contributed by atoms with Crippen molar-refractivity contribution in [2.75, 3.05) is 0 Å². The Morgan fingerprint density at radius 1 is 0.262 bits per heavy atom. The molecule has 0 saturated heterocycles. The molecule has 0 amide bonds. The van der Waals surface area contributed by atoms with Gasteiger partial charge >= 0.3 is 0 Å². The van der Waals surface area contributed by atoms with Gasteiger partial charge in [0.05, 0.1) is 0 Å². The average molecular weight is 830 g/mol. The van der Waals surface area contributed by atoms with E-state index in [2.05, 4.69) is 206 Å². The van der Waals surface area contributed by atoms with Crippen LogP contribution in [-0.4, -0.2) is 15.0 Å². The van der Waals surface area contributed by atoms with Crippen LogP contribution in [0.1, 0.15) is 0 Å². The molecule has 0 atom stereocenters. The van der Waals surface area contributed by atoms with E-state index in [1.807, 2.05) is 30.3 Å². The molecule has 65 heavy (non-hydrogen) atoms. The smallest absolute Gasteiger partial charge is 0.164 e. The lowest BCUT2D eigenvalue weighted by Gasteiger charge is -2.11. The summed E-state index contributed by atoms with van der Waals surface area (Å²) in [7, 11) is 0. The molecule has 0 fully saturated rings. The maximum Gasteiger partial charge on any atom is 0.164 e. The summed E-state index contributed by atoms with van der Waals surface area (Å²) < 4.78 is 6.76. The molecule has 0 aliphatic carbocycles. The zero-order valence-electron chi connectivity index (χ0n) is 35.3. The van der Waals surface area contributed by atoms with Crippen molar-refractivity contribution >= 4 is 32.7 Å². The molecule has 0 saturated carbocycles. The van der Waals surface area contributed by atoms with Crippen LogP contribution in [0.3, 0.4) is 0 Å². The van der Waals surface area contributed by atoms with Gasteiger partial charge in [0, 0.05) is 33.0 Å². The van der Waals surface area contributed by atoms with Crippen LogP contribution in [0.4, 0.5) is 0 Å². The molecule has 4 heteroatoms. The second-order valence-corrected chi connectivity index (χ2v) is 16.4. The van der Waals surface area contributed by atoms with E-state index in [1.54, 1.807) is 0 Å². The van der Waals surface area contributed by atoms with Crippen molar-refractivity contribution in [3.63, 3.8) is 0 Å². The summed E-state index contributed by atoms with van der Waals surface area (Å²) in [6.45, 7) is 0. The lowest BCUT2D eigenvalue weighted by molar-refractivity contribution is 0.670. The Morgan fingerprint density at radius 2 is 0.677 bits per heavy atom. The number of aromatic nitrogens is 3. The van der Waals surface area contributed by atoms with Gasteiger partial charge in [0.2, 0.25) is 0 Å². The number of furan rings is 1. The third kappa shape index (κ3) is 7.23. The third-order valence-electron chi connectivity index (χ3n) is 12.4. The van der Waals surface area contributed by atoms with E-state index in [9.17, 15) is 0 Å². The number of hydrogen-bond donors (Lipinski definition) is 0. The Morgan fingerprint density at radius 3 is 1.26 bits per heavy atom. The molecule has 0 spiro atoms. The Labute approximate surface area is 376 Å². The highest BCUT2D eigenvalue weighted by Crippen LogP contribution is 2.41. The molecule has 0 bridgehead atoms. The molecular formula is C61H39N3O. The molecule has 10 aromatic carbocycles. The van der Waals surface area contributed by atoms with Crippen LogP contribution in [0.5, 0.6) is 0 Å². The number of nitrogens with zero attached hydrogens (tertiary/aromatic N) is 3. The largest absolute Gasteiger partial charge is 0.455 e. The first-order chi connectivity index (χ1) is 32.2. The molecule has 2 heterocycles. The molecule has 0 N–H and O–H groups in total. The molecular weight excluding hydrogens is 791 g/mol. The first-order valence-corrected chi connectivity index (χ1v) is 21.9. The van der Waals surface area contributed by atoms with E-state index >= 15 is 0 Å². The van der Waals surface area contributed by atoms with Crippen molar-refractivity contribution in [2.24, 2.45) is 0 Å². The topological polar surface area (TPSA) is 51.8 Å². The van der Waals surface area contributed by atoms with Crippen LogP contribution in [0.15, 0.2) is 241 Å². The van der Waals surface area contributed by atoms with E-state index in [0.717, 1.165) is 77.2 Å². The van der Waals surface area contributed by atoms with E-state index < -0.39 is 0 Å². The lowest BCUT2D eigenvalue weighted by atomic mass is 9.98. The first kappa shape index (κ1) is 38.0. The summed E-state index contributed by atoms with van der Waals surface area (Å²) in [5.74, 6) is 1.77. The fourth-order valence-corrected chi connectivity index (χ4v) is 8.98. The third-order valence-corrected chi connectivity index (χ3v) is 12.4. The lowest BCUT2D eigenvalue weighted by Crippen LogP contribution is -2.00. The van der Waals surface area contributed by atoms with Crippen LogP contribution in [0.2, 0.25) is 0 Å². The second kappa shape index (κ2) is 16.2. The zero-order chi connectivity index (χ0) is 43.1. The number of fused-ring (bicyclic) bond motifs is 4. The van der Waals surface area contributed by atoms with Crippen LogP contribution in [0.25, 0.3) is 123 Å². The Balaban J connectivity index is 0.976. The summed E-state index contributed by atoms with van der Waals surface area (Å²) in [4.78, 5) is 15.7. The number of benzene rings is 10. The maximum atomic E-state index is 6.76. The molecule has 4 nitrogen and oxygen atoms in total. The predicted octanol–water partition coefficient (Wildman–Crippen LogP) is 16.3. The number of hydrogen-bond acceptors (Lipinski definition) is 4. The van der Waals surface area contributed by atoms with Gasteiger partial charge in [0.15, 0.2) is 17.5 Å². The maximum absolute atomic E-state index is 6.76. The summed E-state index contributed by atoms with van der Waals surface area (Å²) in [5, 5.41) is 4.23. The highest BCUT2D eigenvalue weighted by molar-refractivity contribution is 6.15. The van der Waals surface area contributed by atoms with Gasteiger partial charge < -0.3 is 4.42 Å². The normalized spacial score (nSPS) is 11.4. The quantitative estimate of drug-likeness (QED) is 0.153. The summed E-state index contributed by atoms with van der Waals surface area (Å²) in [6.07, 6.45) is 0. The predicted molar refractivity (Wildman–Crippen MR) is 268 cm³/mol. The van der Waals surface area contributed by atoms with Crippen molar-refractivity contribution in [3.8, 4) is 89.8 Å². The minimum Gasteiger partial charge on any atom is -0.455 e. The highest BCUT2D eigenvalue weighted by atomic mass is 16.3.